The summed E-state index contributed by atoms with van der Waals surface area (Å²) in [5, 5.41) is 3.53. The van der Waals surface area contributed by atoms with Crippen molar-refractivity contribution < 1.29 is 4.79 Å². The highest BCUT2D eigenvalue weighted by Gasteiger charge is 2.32. The smallest absolute Gasteiger partial charge is 0.239 e. The summed E-state index contributed by atoms with van der Waals surface area (Å²) in [6.45, 7) is 3.81. The Labute approximate surface area is 65.0 Å². The Morgan fingerprint density at radius 2 is 2.18 bits per heavy atom. The summed E-state index contributed by atoms with van der Waals surface area (Å²) in [5.41, 5.74) is 4.79. The lowest BCUT2D eigenvalue weighted by atomic mass is 9.86. The molecule has 1 heterocycles. The number of hydrazone groups is 1. The molecule has 1 amide bonds. The predicted octanol–water partition coefficient (Wildman–Crippen LogP) is -0.691. The maximum absolute atomic E-state index is 10.9. The molecule has 5 heteroatoms. The van der Waals surface area contributed by atoms with Crippen LogP contribution in [0.5, 0.6) is 0 Å². The van der Waals surface area contributed by atoms with E-state index in [1.165, 1.54) is 0 Å². The number of nitrogens with two attached hydrogens (primary N) is 1. The number of rotatable bonds is 0. The molecule has 0 aromatic heterocycles. The Morgan fingerprint density at radius 1 is 1.55 bits per heavy atom. The van der Waals surface area contributed by atoms with Crippen LogP contribution in [-0.2, 0) is 4.79 Å². The van der Waals surface area contributed by atoms with Gasteiger partial charge in [-0.25, -0.2) is 0 Å². The van der Waals surface area contributed by atoms with Crippen molar-refractivity contribution in [3.63, 3.8) is 0 Å². The SMILES string of the molecule is CC1(C)CC(=O)NN/C1=N\N. The minimum absolute atomic E-state index is 0.0394. The van der Waals surface area contributed by atoms with Gasteiger partial charge in [-0.1, -0.05) is 13.8 Å². The molecule has 11 heavy (non-hydrogen) atoms. The van der Waals surface area contributed by atoms with E-state index >= 15 is 0 Å². The van der Waals surface area contributed by atoms with Crippen LogP contribution in [0.3, 0.4) is 0 Å². The summed E-state index contributed by atoms with van der Waals surface area (Å²) in [7, 11) is 0. The quantitative estimate of drug-likeness (QED) is 0.321. The molecule has 4 N–H and O–H groups in total. The van der Waals surface area contributed by atoms with E-state index in [9.17, 15) is 4.79 Å². The first-order valence-corrected chi connectivity index (χ1v) is 3.39. The highest BCUT2D eigenvalue weighted by Crippen LogP contribution is 2.22. The van der Waals surface area contributed by atoms with Crippen molar-refractivity contribution in [2.75, 3.05) is 0 Å². The first-order chi connectivity index (χ1) is 5.06. The second kappa shape index (κ2) is 2.41. The fourth-order valence-electron chi connectivity index (χ4n) is 1.03. The minimum atomic E-state index is -0.281. The molecule has 0 radical (unpaired) electrons. The van der Waals surface area contributed by atoms with E-state index in [-0.39, 0.29) is 11.3 Å². The summed E-state index contributed by atoms with van der Waals surface area (Å²) in [6.07, 6.45) is 0.413. The fourth-order valence-corrected chi connectivity index (χ4v) is 1.03. The van der Waals surface area contributed by atoms with Crippen molar-refractivity contribution in [1.29, 1.82) is 0 Å². The van der Waals surface area contributed by atoms with E-state index in [1.54, 1.807) is 0 Å². The number of carbonyl (C=O) groups excluding carboxylic acids is 1. The van der Waals surface area contributed by atoms with Crippen LogP contribution in [-0.4, -0.2) is 11.7 Å². The molecular formula is C6H12N4O. The molecule has 1 aliphatic heterocycles. The lowest BCUT2D eigenvalue weighted by molar-refractivity contribution is -0.123. The van der Waals surface area contributed by atoms with Crippen LogP contribution < -0.4 is 16.7 Å². The maximum Gasteiger partial charge on any atom is 0.239 e. The molecule has 0 aromatic rings. The van der Waals surface area contributed by atoms with Gasteiger partial charge in [0.25, 0.3) is 0 Å². The zero-order valence-electron chi connectivity index (χ0n) is 6.64. The third-order valence-corrected chi connectivity index (χ3v) is 1.69. The Bertz CT molecular complexity index is 209. The van der Waals surface area contributed by atoms with Gasteiger partial charge in [-0.05, 0) is 0 Å². The van der Waals surface area contributed by atoms with E-state index in [0.29, 0.717) is 12.3 Å². The van der Waals surface area contributed by atoms with Gasteiger partial charge in [-0.3, -0.25) is 15.6 Å². The normalized spacial score (nSPS) is 26.0. The van der Waals surface area contributed by atoms with E-state index in [2.05, 4.69) is 16.0 Å². The molecule has 0 unspecified atom stereocenters. The first kappa shape index (κ1) is 7.84. The standard InChI is InChI=1S/C6H12N4O/c1-6(2)3-4(11)9-10-5(6)8-7/h3,7H2,1-2H3,(H,8,10)(H,9,11). The van der Waals surface area contributed by atoms with Crippen LogP contribution in [0.25, 0.3) is 0 Å². The molecule has 1 saturated heterocycles. The molecule has 0 aliphatic carbocycles. The molecule has 5 nitrogen and oxygen atoms in total. The van der Waals surface area contributed by atoms with Gasteiger partial charge in [0.1, 0.15) is 5.84 Å². The van der Waals surface area contributed by atoms with Crippen molar-refractivity contribution in [2.45, 2.75) is 20.3 Å². The number of amides is 1. The van der Waals surface area contributed by atoms with E-state index < -0.39 is 0 Å². The molecule has 0 aromatic carbocycles. The minimum Gasteiger partial charge on any atom is -0.322 e. The third kappa shape index (κ3) is 1.42. The Morgan fingerprint density at radius 3 is 2.64 bits per heavy atom. The number of nitrogens with one attached hydrogen (secondary N) is 2. The molecule has 1 aliphatic rings. The summed E-state index contributed by atoms with van der Waals surface area (Å²) in [6, 6.07) is 0. The average Bonchev–Trinajstić information content (AvgIpc) is 1.85. The van der Waals surface area contributed by atoms with Crippen LogP contribution in [0.2, 0.25) is 0 Å². The molecule has 0 bridgehead atoms. The van der Waals surface area contributed by atoms with Crippen LogP contribution in [0, 0.1) is 5.41 Å². The van der Waals surface area contributed by atoms with Crippen molar-refractivity contribution in [3.05, 3.63) is 0 Å². The molecule has 0 spiro atoms. The second-order valence-corrected chi connectivity index (χ2v) is 3.21. The average molecular weight is 156 g/mol. The van der Waals surface area contributed by atoms with Crippen LogP contribution in [0.1, 0.15) is 20.3 Å². The van der Waals surface area contributed by atoms with Crippen LogP contribution >= 0.6 is 0 Å². The fraction of sp³-hybridized carbons (Fsp3) is 0.667. The van der Waals surface area contributed by atoms with Crippen LogP contribution in [0.4, 0.5) is 0 Å². The summed E-state index contributed by atoms with van der Waals surface area (Å²) < 4.78 is 0. The number of carbonyl (C=O) groups is 1. The van der Waals surface area contributed by atoms with Gasteiger partial charge in [0.05, 0.1) is 0 Å². The Hall–Kier alpha value is -1.26. The largest absolute Gasteiger partial charge is 0.322 e. The van der Waals surface area contributed by atoms with E-state index in [4.69, 9.17) is 5.84 Å². The summed E-state index contributed by atoms with van der Waals surface area (Å²) >= 11 is 0. The Kier molecular flexibility index (Phi) is 1.72. The van der Waals surface area contributed by atoms with Crippen molar-refractivity contribution in [1.82, 2.24) is 10.9 Å². The maximum atomic E-state index is 10.9. The zero-order valence-corrected chi connectivity index (χ0v) is 6.64. The van der Waals surface area contributed by atoms with Crippen LogP contribution in [0.15, 0.2) is 5.10 Å². The van der Waals surface area contributed by atoms with Crippen molar-refractivity contribution in [2.24, 2.45) is 16.4 Å². The summed E-state index contributed by atoms with van der Waals surface area (Å²) in [4.78, 5) is 10.9. The lowest BCUT2D eigenvalue weighted by Gasteiger charge is -2.30. The molecule has 0 atom stereocenters. The molecular weight excluding hydrogens is 144 g/mol. The molecule has 1 fully saturated rings. The van der Waals surface area contributed by atoms with Gasteiger partial charge in [-0.2, -0.15) is 5.10 Å². The number of nitrogens with zero attached hydrogens (tertiary/aromatic N) is 1. The Balaban J connectivity index is 2.80. The van der Waals surface area contributed by atoms with Gasteiger partial charge in [-0.15, -0.1) is 0 Å². The molecule has 1 rings (SSSR count). The van der Waals surface area contributed by atoms with Gasteiger partial charge < -0.3 is 5.84 Å². The van der Waals surface area contributed by atoms with Gasteiger partial charge in [0.15, 0.2) is 0 Å². The first-order valence-electron chi connectivity index (χ1n) is 3.39. The van der Waals surface area contributed by atoms with E-state index in [0.717, 1.165) is 0 Å². The lowest BCUT2D eigenvalue weighted by Crippen LogP contribution is -2.55. The second-order valence-electron chi connectivity index (χ2n) is 3.21. The molecule has 0 saturated carbocycles. The molecule has 62 valence electrons. The third-order valence-electron chi connectivity index (χ3n) is 1.69. The summed E-state index contributed by atoms with van der Waals surface area (Å²) in [5.74, 6) is 5.67. The highest BCUT2D eigenvalue weighted by atomic mass is 16.2. The predicted molar refractivity (Wildman–Crippen MR) is 41.3 cm³/mol. The number of amidine groups is 1. The monoisotopic (exact) mass is 156 g/mol. The topological polar surface area (TPSA) is 79.5 Å². The van der Waals surface area contributed by atoms with Crippen molar-refractivity contribution in [3.8, 4) is 0 Å². The number of hydrogen-bond acceptors (Lipinski definition) is 3. The van der Waals surface area contributed by atoms with Gasteiger partial charge >= 0.3 is 0 Å². The zero-order chi connectivity index (χ0) is 8.48. The van der Waals surface area contributed by atoms with Gasteiger partial charge in [0, 0.05) is 11.8 Å². The van der Waals surface area contributed by atoms with Crippen molar-refractivity contribution >= 4 is 11.7 Å². The van der Waals surface area contributed by atoms with E-state index in [1.807, 2.05) is 13.8 Å². The highest BCUT2D eigenvalue weighted by molar-refractivity contribution is 5.96. The number of hydrazine groups is 1. The van der Waals surface area contributed by atoms with Gasteiger partial charge in [0.2, 0.25) is 5.91 Å². The number of hydrogen-bond donors (Lipinski definition) is 3.